The molecule has 3 atom stereocenters. The fraction of sp³-hybridized carbons (Fsp3) is 0.789. The molecule has 5 heteroatoms. The van der Waals surface area contributed by atoms with Gasteiger partial charge >= 0.3 is 0 Å². The number of nitrogens with zero attached hydrogens (tertiary/aromatic N) is 1. The molecule has 0 spiro atoms. The summed E-state index contributed by atoms with van der Waals surface area (Å²) < 4.78 is 0. The van der Waals surface area contributed by atoms with Gasteiger partial charge in [0, 0.05) is 33.0 Å². The van der Waals surface area contributed by atoms with Gasteiger partial charge in [-0.2, -0.15) is 0 Å². The molecule has 0 aliphatic heterocycles. The van der Waals surface area contributed by atoms with Gasteiger partial charge in [0.2, 0.25) is 11.8 Å². The summed E-state index contributed by atoms with van der Waals surface area (Å²) >= 11 is 0. The maximum atomic E-state index is 12.2. The lowest BCUT2D eigenvalue weighted by Crippen LogP contribution is -2.37. The summed E-state index contributed by atoms with van der Waals surface area (Å²) in [5.41, 5.74) is 1.28. The van der Waals surface area contributed by atoms with Crippen LogP contribution in [0.5, 0.6) is 0 Å². The lowest BCUT2D eigenvalue weighted by atomic mass is 9.69. The zero-order chi connectivity index (χ0) is 18.3. The second kappa shape index (κ2) is 9.82. The molecule has 0 radical (unpaired) electrons. The monoisotopic (exact) mass is 337 g/mol. The van der Waals surface area contributed by atoms with E-state index in [0.717, 1.165) is 13.0 Å². The van der Waals surface area contributed by atoms with Crippen molar-refractivity contribution in [2.24, 2.45) is 23.7 Å². The summed E-state index contributed by atoms with van der Waals surface area (Å²) in [5, 5.41) is 5.96. The molecule has 0 unspecified atom stereocenters. The smallest absolute Gasteiger partial charge is 0.220 e. The van der Waals surface area contributed by atoms with Gasteiger partial charge < -0.3 is 15.5 Å². The van der Waals surface area contributed by atoms with Crippen molar-refractivity contribution < 1.29 is 9.59 Å². The van der Waals surface area contributed by atoms with Gasteiger partial charge in [-0.1, -0.05) is 25.5 Å². The Kier molecular flexibility index (Phi) is 8.46. The van der Waals surface area contributed by atoms with Crippen LogP contribution >= 0.6 is 0 Å². The number of likely N-dealkylation sites (N-methyl/N-ethyl adjacent to an activating group) is 1. The van der Waals surface area contributed by atoms with Crippen molar-refractivity contribution in [2.75, 3.05) is 33.7 Å². The summed E-state index contributed by atoms with van der Waals surface area (Å²) in [6.07, 6.45) is 3.86. The van der Waals surface area contributed by atoms with Crippen molar-refractivity contribution in [1.29, 1.82) is 0 Å². The number of nitrogens with one attached hydrogen (secondary N) is 2. The van der Waals surface area contributed by atoms with E-state index in [1.165, 1.54) is 5.57 Å². The fourth-order valence-electron chi connectivity index (χ4n) is 3.48. The Morgan fingerprint density at radius 2 is 1.96 bits per heavy atom. The highest BCUT2D eigenvalue weighted by atomic mass is 16.2. The number of carbonyl (C=O) groups excluding carboxylic acids is 2. The van der Waals surface area contributed by atoms with Crippen LogP contribution < -0.4 is 10.6 Å². The van der Waals surface area contributed by atoms with E-state index in [2.05, 4.69) is 42.4 Å². The van der Waals surface area contributed by atoms with Crippen molar-refractivity contribution >= 4 is 11.8 Å². The summed E-state index contributed by atoms with van der Waals surface area (Å²) in [5.74, 6) is 1.86. The number of amides is 2. The van der Waals surface area contributed by atoms with Gasteiger partial charge in [0.25, 0.3) is 0 Å². The van der Waals surface area contributed by atoms with E-state index in [0.29, 0.717) is 43.2 Å². The Balaban J connectivity index is 2.64. The molecule has 1 aliphatic rings. The van der Waals surface area contributed by atoms with Gasteiger partial charge in [0.15, 0.2) is 0 Å². The van der Waals surface area contributed by atoms with Crippen molar-refractivity contribution in [3.63, 3.8) is 0 Å². The predicted octanol–water partition coefficient (Wildman–Crippen LogP) is 2.05. The molecule has 0 aromatic heterocycles. The van der Waals surface area contributed by atoms with Crippen LogP contribution in [-0.2, 0) is 9.59 Å². The van der Waals surface area contributed by atoms with E-state index in [1.54, 1.807) is 6.92 Å². The van der Waals surface area contributed by atoms with Crippen molar-refractivity contribution in [2.45, 2.75) is 40.5 Å². The first-order valence-electron chi connectivity index (χ1n) is 9.04. The third-order valence-electron chi connectivity index (χ3n) is 4.98. The van der Waals surface area contributed by atoms with Gasteiger partial charge in [-0.25, -0.2) is 0 Å². The molecule has 2 amide bonds. The summed E-state index contributed by atoms with van der Waals surface area (Å²) in [6.45, 7) is 10.4. The first kappa shape index (κ1) is 20.7. The van der Waals surface area contributed by atoms with Gasteiger partial charge in [-0.05, 0) is 51.1 Å². The molecule has 2 N–H and O–H groups in total. The Morgan fingerprint density at radius 1 is 1.29 bits per heavy atom. The number of hydrogen-bond acceptors (Lipinski definition) is 3. The minimum absolute atomic E-state index is 0.0194. The zero-order valence-electron chi connectivity index (χ0n) is 16.2. The molecule has 0 bridgehead atoms. The number of allylic oxidation sites excluding steroid dienone is 1. The highest BCUT2D eigenvalue weighted by Crippen LogP contribution is 2.38. The van der Waals surface area contributed by atoms with Crippen LogP contribution in [0.2, 0.25) is 0 Å². The number of carbonyl (C=O) groups is 2. The van der Waals surface area contributed by atoms with Gasteiger partial charge in [-0.15, -0.1) is 0 Å². The van der Waals surface area contributed by atoms with Crippen molar-refractivity contribution in [3.8, 4) is 0 Å². The average Bonchev–Trinajstić information content (AvgIpc) is 2.46. The van der Waals surface area contributed by atoms with Crippen LogP contribution in [0.4, 0.5) is 0 Å². The third-order valence-corrected chi connectivity index (χ3v) is 4.98. The SMILES string of the molecule is CC(=O)NC[C@@H]1C=C(C)[C@H](CC(=O)NCCN(C)C)C[C@H]1C(C)C. The molecule has 24 heavy (non-hydrogen) atoms. The Bertz CT molecular complexity index is 458. The van der Waals surface area contributed by atoms with Crippen LogP contribution in [0.15, 0.2) is 11.6 Å². The second-order valence-corrected chi connectivity index (χ2v) is 7.71. The molecule has 0 aromatic rings. The molecule has 0 saturated carbocycles. The number of rotatable bonds is 8. The van der Waals surface area contributed by atoms with Crippen LogP contribution in [0, 0.1) is 23.7 Å². The fourth-order valence-corrected chi connectivity index (χ4v) is 3.48. The topological polar surface area (TPSA) is 61.4 Å². The van der Waals surface area contributed by atoms with Crippen LogP contribution in [0.1, 0.15) is 40.5 Å². The Hall–Kier alpha value is -1.36. The van der Waals surface area contributed by atoms with Crippen LogP contribution in [0.3, 0.4) is 0 Å². The minimum Gasteiger partial charge on any atom is -0.356 e. The maximum absolute atomic E-state index is 12.2. The van der Waals surface area contributed by atoms with E-state index in [1.807, 2.05) is 14.1 Å². The molecule has 1 aliphatic carbocycles. The standard InChI is InChI=1S/C19H35N3O2/c1-13(2)18-10-16(11-19(24)20-7-8-22(5)6)14(3)9-17(18)12-21-15(4)23/h9,13,16-18H,7-8,10-12H2,1-6H3,(H,20,24)(H,21,23)/t16-,17-,18-/m0/s1. The van der Waals surface area contributed by atoms with E-state index in [4.69, 9.17) is 0 Å². The Labute approximate surface area is 147 Å². The highest BCUT2D eigenvalue weighted by molar-refractivity contribution is 5.76. The van der Waals surface area contributed by atoms with Crippen LogP contribution in [0.25, 0.3) is 0 Å². The minimum atomic E-state index is 0.0194. The maximum Gasteiger partial charge on any atom is 0.220 e. The third kappa shape index (κ3) is 7.04. The lowest BCUT2D eigenvalue weighted by Gasteiger charge is -2.37. The molecule has 5 nitrogen and oxygen atoms in total. The number of hydrogen-bond donors (Lipinski definition) is 2. The lowest BCUT2D eigenvalue weighted by molar-refractivity contribution is -0.122. The van der Waals surface area contributed by atoms with Crippen molar-refractivity contribution in [1.82, 2.24) is 15.5 Å². The molecule has 0 fully saturated rings. The Morgan fingerprint density at radius 3 is 2.50 bits per heavy atom. The predicted molar refractivity (Wildman–Crippen MR) is 98.5 cm³/mol. The second-order valence-electron chi connectivity index (χ2n) is 7.71. The first-order valence-corrected chi connectivity index (χ1v) is 9.04. The van der Waals surface area contributed by atoms with E-state index < -0.39 is 0 Å². The van der Waals surface area contributed by atoms with Crippen molar-refractivity contribution in [3.05, 3.63) is 11.6 Å². The average molecular weight is 338 g/mol. The molecule has 0 heterocycles. The summed E-state index contributed by atoms with van der Waals surface area (Å²) in [4.78, 5) is 25.5. The largest absolute Gasteiger partial charge is 0.356 e. The van der Waals surface area contributed by atoms with E-state index >= 15 is 0 Å². The molecular formula is C19H35N3O2. The molecule has 1 rings (SSSR count). The molecule has 138 valence electrons. The first-order chi connectivity index (χ1) is 11.2. The molecular weight excluding hydrogens is 302 g/mol. The van der Waals surface area contributed by atoms with Gasteiger partial charge in [0.1, 0.15) is 0 Å². The van der Waals surface area contributed by atoms with E-state index in [9.17, 15) is 9.59 Å². The van der Waals surface area contributed by atoms with Crippen LogP contribution in [-0.4, -0.2) is 50.4 Å². The highest BCUT2D eigenvalue weighted by Gasteiger charge is 2.32. The molecule has 0 aromatic carbocycles. The normalized spacial score (nSPS) is 24.0. The summed E-state index contributed by atoms with van der Waals surface area (Å²) in [7, 11) is 4.01. The molecule has 0 saturated heterocycles. The quantitative estimate of drug-likeness (QED) is 0.666. The van der Waals surface area contributed by atoms with E-state index in [-0.39, 0.29) is 11.8 Å². The van der Waals surface area contributed by atoms with Gasteiger partial charge in [0.05, 0.1) is 0 Å². The zero-order valence-corrected chi connectivity index (χ0v) is 16.2. The van der Waals surface area contributed by atoms with Gasteiger partial charge in [-0.3, -0.25) is 9.59 Å². The summed E-state index contributed by atoms with van der Waals surface area (Å²) in [6, 6.07) is 0.